The van der Waals surface area contributed by atoms with Crippen LogP contribution in [0, 0.1) is 17.7 Å². The van der Waals surface area contributed by atoms with E-state index in [9.17, 15) is 4.39 Å². The minimum Gasteiger partial charge on any atom is -0.414 e. The average Bonchev–Trinajstić information content (AvgIpc) is 2.71. The van der Waals surface area contributed by atoms with E-state index in [4.69, 9.17) is 14.9 Å². The normalized spacial score (nSPS) is 19.9. The molecule has 0 unspecified atom stereocenters. The molecule has 0 saturated carbocycles. The van der Waals surface area contributed by atoms with Crippen molar-refractivity contribution in [1.82, 2.24) is 9.88 Å². The van der Waals surface area contributed by atoms with Crippen LogP contribution in [0.2, 0.25) is 18.1 Å². The molecule has 0 amide bonds. The molecule has 5 nitrogen and oxygen atoms in total. The molecular formula is C25H34FN3O2Si. The number of anilines is 1. The lowest BCUT2D eigenvalue weighted by Gasteiger charge is -2.40. The number of benzene rings is 1. The fraction of sp³-hybridized carbons (Fsp3) is 0.480. The highest BCUT2D eigenvalue weighted by atomic mass is 28.4. The van der Waals surface area contributed by atoms with Crippen LogP contribution in [0.3, 0.4) is 0 Å². The molecule has 0 bridgehead atoms. The molecule has 2 N–H and O–H groups in total. The first kappa shape index (κ1) is 24.4. The molecule has 172 valence electrons. The summed E-state index contributed by atoms with van der Waals surface area (Å²) in [5.41, 5.74) is 7.70. The van der Waals surface area contributed by atoms with Crippen molar-refractivity contribution in [2.24, 2.45) is 0 Å². The lowest BCUT2D eigenvalue weighted by molar-refractivity contribution is -0.0803. The Morgan fingerprint density at radius 3 is 2.62 bits per heavy atom. The maximum Gasteiger partial charge on any atom is 0.192 e. The van der Waals surface area contributed by atoms with E-state index in [0.29, 0.717) is 18.8 Å². The number of nitrogens with zero attached hydrogens (tertiary/aromatic N) is 2. The van der Waals surface area contributed by atoms with Crippen molar-refractivity contribution in [3.63, 3.8) is 0 Å². The second-order valence-corrected chi connectivity index (χ2v) is 14.7. The third kappa shape index (κ3) is 6.63. The molecule has 1 saturated heterocycles. The highest BCUT2D eigenvalue weighted by molar-refractivity contribution is 6.74. The summed E-state index contributed by atoms with van der Waals surface area (Å²) >= 11 is 0. The molecule has 32 heavy (non-hydrogen) atoms. The zero-order chi connectivity index (χ0) is 23.4. The summed E-state index contributed by atoms with van der Waals surface area (Å²) < 4.78 is 26.0. The van der Waals surface area contributed by atoms with Crippen LogP contribution in [0.1, 0.15) is 32.0 Å². The van der Waals surface area contributed by atoms with E-state index in [1.165, 1.54) is 11.6 Å². The molecule has 0 spiro atoms. The molecule has 1 aliphatic heterocycles. The number of aromatic nitrogens is 1. The van der Waals surface area contributed by atoms with Gasteiger partial charge in [0.25, 0.3) is 0 Å². The van der Waals surface area contributed by atoms with E-state index in [-0.39, 0.29) is 22.9 Å². The van der Waals surface area contributed by atoms with Gasteiger partial charge in [0.15, 0.2) is 8.32 Å². The third-order valence-electron chi connectivity index (χ3n) is 6.16. The van der Waals surface area contributed by atoms with Crippen LogP contribution in [0.5, 0.6) is 0 Å². The van der Waals surface area contributed by atoms with Crippen LogP contribution in [0.25, 0.3) is 0 Å². The summed E-state index contributed by atoms with van der Waals surface area (Å²) in [6.45, 7) is 14.0. The third-order valence-corrected chi connectivity index (χ3v) is 10.7. The summed E-state index contributed by atoms with van der Waals surface area (Å²) in [7, 11) is -1.89. The Hall–Kier alpha value is -2.24. The van der Waals surface area contributed by atoms with Gasteiger partial charge in [-0.3, -0.25) is 4.90 Å². The van der Waals surface area contributed by atoms with E-state index < -0.39 is 14.1 Å². The van der Waals surface area contributed by atoms with E-state index >= 15 is 0 Å². The molecular weight excluding hydrogens is 421 g/mol. The minimum absolute atomic E-state index is 0.0839. The lowest BCUT2D eigenvalue weighted by atomic mass is 10.1. The summed E-state index contributed by atoms with van der Waals surface area (Å²) in [5, 5.41) is 0.135. The van der Waals surface area contributed by atoms with Gasteiger partial charge in [0.05, 0.1) is 24.6 Å². The predicted octanol–water partition coefficient (Wildman–Crippen LogP) is 4.45. The van der Waals surface area contributed by atoms with Crippen molar-refractivity contribution in [3.05, 3.63) is 59.7 Å². The summed E-state index contributed by atoms with van der Waals surface area (Å²) in [6, 6.07) is 11.6. The lowest BCUT2D eigenvalue weighted by Crippen LogP contribution is -2.50. The summed E-state index contributed by atoms with van der Waals surface area (Å²) in [5.74, 6) is 5.65. The smallest absolute Gasteiger partial charge is 0.192 e. The Kier molecular flexibility index (Phi) is 7.73. The van der Waals surface area contributed by atoms with Crippen LogP contribution < -0.4 is 5.73 Å². The van der Waals surface area contributed by atoms with Gasteiger partial charge in [-0.25, -0.2) is 9.37 Å². The van der Waals surface area contributed by atoms with Gasteiger partial charge in [-0.15, -0.1) is 0 Å². The Balaban J connectivity index is 1.75. The Morgan fingerprint density at radius 1 is 1.25 bits per heavy atom. The molecule has 1 aliphatic rings. The van der Waals surface area contributed by atoms with Crippen molar-refractivity contribution in [2.45, 2.75) is 57.7 Å². The number of hydrogen-bond donors (Lipinski definition) is 1. The van der Waals surface area contributed by atoms with Crippen molar-refractivity contribution in [1.29, 1.82) is 0 Å². The SMILES string of the molecule is CC(C)(C)[Si](C)(C)OC[C@@H]1CN(Cc2ccccc2)C[C@@H](C#Cc2ncc(F)cc2N)O1. The Labute approximate surface area is 192 Å². The number of rotatable bonds is 5. The highest BCUT2D eigenvalue weighted by Crippen LogP contribution is 2.36. The minimum atomic E-state index is -1.89. The van der Waals surface area contributed by atoms with Crippen LogP contribution >= 0.6 is 0 Å². The highest BCUT2D eigenvalue weighted by Gasteiger charge is 2.38. The van der Waals surface area contributed by atoms with E-state index in [1.807, 2.05) is 18.2 Å². The number of nitrogen functional groups attached to an aromatic ring is 1. The fourth-order valence-corrected chi connectivity index (χ4v) is 4.32. The maximum absolute atomic E-state index is 13.3. The van der Waals surface area contributed by atoms with E-state index in [2.05, 4.69) is 67.7 Å². The number of hydrogen-bond acceptors (Lipinski definition) is 5. The number of pyridine rings is 1. The molecule has 0 radical (unpaired) electrons. The zero-order valence-electron chi connectivity index (χ0n) is 19.7. The second-order valence-electron chi connectivity index (χ2n) is 9.86. The van der Waals surface area contributed by atoms with Crippen molar-refractivity contribution in [3.8, 4) is 11.8 Å². The summed E-state index contributed by atoms with van der Waals surface area (Å²) in [4.78, 5) is 6.35. The molecule has 1 aromatic carbocycles. The first-order chi connectivity index (χ1) is 15.0. The quantitative estimate of drug-likeness (QED) is 0.533. The first-order valence-corrected chi connectivity index (χ1v) is 13.9. The molecule has 2 aromatic rings. The standard InChI is InChI=1S/C25H34FN3O2Si/c1-25(2,3)32(4,5)30-18-22-17-29(15-19-9-7-6-8-10-19)16-21(31-22)11-12-24-23(27)13-20(26)14-28-24/h6-10,13-14,21-22H,15-18,27H2,1-5H3/t21-,22+/m1/s1. The van der Waals surface area contributed by atoms with Gasteiger partial charge < -0.3 is 14.9 Å². The van der Waals surface area contributed by atoms with Crippen LogP contribution in [0.15, 0.2) is 42.6 Å². The van der Waals surface area contributed by atoms with Gasteiger partial charge in [-0.05, 0) is 29.6 Å². The van der Waals surface area contributed by atoms with Crippen molar-refractivity contribution < 1.29 is 13.6 Å². The van der Waals surface area contributed by atoms with E-state index in [1.54, 1.807) is 0 Å². The van der Waals surface area contributed by atoms with Gasteiger partial charge >= 0.3 is 0 Å². The molecule has 2 atom stereocenters. The van der Waals surface area contributed by atoms with E-state index in [0.717, 1.165) is 19.3 Å². The van der Waals surface area contributed by atoms with Crippen LogP contribution in [-0.4, -0.2) is 50.1 Å². The topological polar surface area (TPSA) is 60.6 Å². The molecule has 7 heteroatoms. The molecule has 1 aromatic heterocycles. The largest absolute Gasteiger partial charge is 0.414 e. The predicted molar refractivity (Wildman–Crippen MR) is 129 cm³/mol. The maximum atomic E-state index is 13.3. The van der Waals surface area contributed by atoms with Gasteiger partial charge in [0.2, 0.25) is 0 Å². The number of morpholine rings is 1. The van der Waals surface area contributed by atoms with Crippen molar-refractivity contribution in [2.75, 3.05) is 25.4 Å². The Morgan fingerprint density at radius 2 is 1.97 bits per heavy atom. The molecule has 2 heterocycles. The van der Waals surface area contributed by atoms with Crippen LogP contribution in [-0.2, 0) is 15.7 Å². The molecule has 3 rings (SSSR count). The van der Waals surface area contributed by atoms with Gasteiger partial charge in [-0.1, -0.05) is 57.0 Å². The summed E-state index contributed by atoms with van der Waals surface area (Å²) in [6.07, 6.45) is 0.728. The average molecular weight is 456 g/mol. The van der Waals surface area contributed by atoms with Gasteiger partial charge in [0, 0.05) is 25.7 Å². The number of nitrogens with two attached hydrogens (primary N) is 1. The fourth-order valence-electron chi connectivity index (χ4n) is 3.28. The molecule has 1 fully saturated rings. The second kappa shape index (κ2) is 10.1. The van der Waals surface area contributed by atoms with Gasteiger partial charge in [0.1, 0.15) is 17.6 Å². The van der Waals surface area contributed by atoms with Crippen LogP contribution in [0.4, 0.5) is 10.1 Å². The number of ether oxygens (including phenoxy) is 1. The van der Waals surface area contributed by atoms with Gasteiger partial charge in [-0.2, -0.15) is 0 Å². The monoisotopic (exact) mass is 455 g/mol. The molecule has 0 aliphatic carbocycles. The first-order valence-electron chi connectivity index (χ1n) is 11.0. The number of halogens is 1. The van der Waals surface area contributed by atoms with Crippen molar-refractivity contribution >= 4 is 14.0 Å². The Bertz CT molecular complexity index is 967. The zero-order valence-corrected chi connectivity index (χ0v) is 20.7.